The highest BCUT2D eigenvalue weighted by Gasteiger charge is 2.32. The van der Waals surface area contributed by atoms with E-state index in [0.29, 0.717) is 0 Å². The first-order valence-electron chi connectivity index (χ1n) is 4.18. The number of pyridine rings is 1. The van der Waals surface area contributed by atoms with Crippen molar-refractivity contribution in [1.82, 2.24) is 4.98 Å². The van der Waals surface area contributed by atoms with Crippen LogP contribution in [0, 0.1) is 17.8 Å². The molecule has 2 rings (SSSR count). The van der Waals surface area contributed by atoms with Crippen LogP contribution in [-0.2, 0) is 0 Å². The third-order valence-electron chi connectivity index (χ3n) is 2.23. The summed E-state index contributed by atoms with van der Waals surface area (Å²) in [5.41, 5.74) is 0.101. The predicted octanol–water partition coefficient (Wildman–Crippen LogP) is 1.80. The lowest BCUT2D eigenvalue weighted by Crippen LogP contribution is -2.05. The fourth-order valence-corrected chi connectivity index (χ4v) is 1.31. The molecule has 0 aliphatic heterocycles. The number of aromatic nitrogens is 1. The van der Waals surface area contributed by atoms with Crippen LogP contribution in [0.15, 0.2) is 12.1 Å². The largest absolute Gasteiger partial charge is 0.388 e. The van der Waals surface area contributed by atoms with Gasteiger partial charge in [-0.1, -0.05) is 0 Å². The van der Waals surface area contributed by atoms with E-state index < -0.39 is 18.0 Å². The van der Waals surface area contributed by atoms with Crippen LogP contribution in [0.1, 0.15) is 24.5 Å². The Morgan fingerprint density at radius 2 is 2.08 bits per heavy atom. The van der Waals surface area contributed by atoms with Gasteiger partial charge in [-0.25, -0.2) is 0 Å². The molecule has 0 spiro atoms. The molecule has 13 heavy (non-hydrogen) atoms. The van der Waals surface area contributed by atoms with Crippen LogP contribution in [0.2, 0.25) is 0 Å². The molecule has 1 aliphatic rings. The van der Waals surface area contributed by atoms with E-state index >= 15 is 0 Å². The van der Waals surface area contributed by atoms with Crippen LogP contribution in [-0.4, -0.2) is 10.1 Å². The summed E-state index contributed by atoms with van der Waals surface area (Å²) in [6.07, 6.45) is 0.976. The van der Waals surface area contributed by atoms with Crippen molar-refractivity contribution in [3.05, 3.63) is 29.6 Å². The molecule has 1 atom stereocenters. The standard InChI is InChI=1S/C9H9F2NO/c10-7-4-3-6(9(11)12-7)8(13)5-1-2-5/h3-5,8,13H,1-2H2. The smallest absolute Gasteiger partial charge is 0.221 e. The quantitative estimate of drug-likeness (QED) is 0.712. The van der Waals surface area contributed by atoms with Crippen LogP contribution in [0.25, 0.3) is 0 Å². The summed E-state index contributed by atoms with van der Waals surface area (Å²) in [6, 6.07) is 2.31. The van der Waals surface area contributed by atoms with Crippen LogP contribution in [0.4, 0.5) is 8.78 Å². The monoisotopic (exact) mass is 185 g/mol. The summed E-state index contributed by atoms with van der Waals surface area (Å²) in [5, 5.41) is 9.53. The Morgan fingerprint density at radius 1 is 1.38 bits per heavy atom. The molecule has 1 aromatic rings. The molecule has 1 unspecified atom stereocenters. The Labute approximate surface area is 74.2 Å². The Kier molecular flexibility index (Phi) is 2.00. The van der Waals surface area contributed by atoms with Crippen LogP contribution >= 0.6 is 0 Å². The lowest BCUT2D eigenvalue weighted by atomic mass is 10.1. The molecule has 0 saturated heterocycles. The number of hydrogen-bond donors (Lipinski definition) is 1. The molecule has 1 heterocycles. The average molecular weight is 185 g/mol. The molecule has 0 bridgehead atoms. The minimum Gasteiger partial charge on any atom is -0.388 e. The Balaban J connectivity index is 2.28. The normalized spacial score (nSPS) is 18.7. The summed E-state index contributed by atoms with van der Waals surface area (Å²) in [6.45, 7) is 0. The summed E-state index contributed by atoms with van der Waals surface area (Å²) >= 11 is 0. The Bertz CT molecular complexity index is 325. The fraction of sp³-hybridized carbons (Fsp3) is 0.444. The number of hydrogen-bond acceptors (Lipinski definition) is 2. The zero-order valence-electron chi connectivity index (χ0n) is 6.87. The van der Waals surface area contributed by atoms with E-state index in [1.54, 1.807) is 0 Å². The summed E-state index contributed by atoms with van der Waals surface area (Å²) in [5.74, 6) is -1.63. The third kappa shape index (κ3) is 1.67. The lowest BCUT2D eigenvalue weighted by Gasteiger charge is -2.09. The van der Waals surface area contributed by atoms with Gasteiger partial charge in [-0.15, -0.1) is 0 Å². The van der Waals surface area contributed by atoms with E-state index in [2.05, 4.69) is 4.98 Å². The predicted molar refractivity (Wildman–Crippen MR) is 41.8 cm³/mol. The van der Waals surface area contributed by atoms with Crippen molar-refractivity contribution in [3.63, 3.8) is 0 Å². The molecule has 70 valence electrons. The van der Waals surface area contributed by atoms with E-state index in [9.17, 15) is 13.9 Å². The summed E-state index contributed by atoms with van der Waals surface area (Å²) in [4.78, 5) is 3.01. The molecule has 2 nitrogen and oxygen atoms in total. The average Bonchev–Trinajstić information content (AvgIpc) is 2.85. The van der Waals surface area contributed by atoms with Gasteiger partial charge in [-0.05, 0) is 30.9 Å². The van der Waals surface area contributed by atoms with E-state index in [4.69, 9.17) is 0 Å². The van der Waals surface area contributed by atoms with Gasteiger partial charge in [0, 0.05) is 5.56 Å². The molecule has 1 aromatic heterocycles. The van der Waals surface area contributed by atoms with Crippen molar-refractivity contribution in [2.75, 3.05) is 0 Å². The van der Waals surface area contributed by atoms with Crippen molar-refractivity contribution >= 4 is 0 Å². The van der Waals surface area contributed by atoms with E-state index in [1.165, 1.54) is 6.07 Å². The Morgan fingerprint density at radius 3 is 2.62 bits per heavy atom. The highest BCUT2D eigenvalue weighted by molar-refractivity contribution is 5.16. The van der Waals surface area contributed by atoms with Crippen LogP contribution in [0.5, 0.6) is 0 Å². The fourth-order valence-electron chi connectivity index (χ4n) is 1.31. The lowest BCUT2D eigenvalue weighted by molar-refractivity contribution is 0.148. The number of aliphatic hydroxyl groups is 1. The van der Waals surface area contributed by atoms with Gasteiger partial charge in [-0.2, -0.15) is 13.8 Å². The minimum absolute atomic E-state index is 0.101. The van der Waals surface area contributed by atoms with Gasteiger partial charge in [-0.3, -0.25) is 0 Å². The third-order valence-corrected chi connectivity index (χ3v) is 2.23. The minimum atomic E-state index is -0.903. The van der Waals surface area contributed by atoms with Gasteiger partial charge < -0.3 is 5.11 Å². The van der Waals surface area contributed by atoms with E-state index in [1.807, 2.05) is 0 Å². The second kappa shape index (κ2) is 3.03. The first kappa shape index (κ1) is 8.56. The number of rotatable bonds is 2. The summed E-state index contributed by atoms with van der Waals surface area (Å²) in [7, 11) is 0. The van der Waals surface area contributed by atoms with Crippen LogP contribution in [0.3, 0.4) is 0 Å². The number of aliphatic hydroxyl groups excluding tert-OH is 1. The molecule has 0 amide bonds. The van der Waals surface area contributed by atoms with Crippen molar-refractivity contribution in [1.29, 1.82) is 0 Å². The zero-order chi connectivity index (χ0) is 9.42. The number of nitrogens with zero attached hydrogens (tertiary/aromatic N) is 1. The van der Waals surface area contributed by atoms with Crippen molar-refractivity contribution in [2.45, 2.75) is 18.9 Å². The van der Waals surface area contributed by atoms with Crippen LogP contribution < -0.4 is 0 Å². The molecule has 1 N–H and O–H groups in total. The van der Waals surface area contributed by atoms with Gasteiger partial charge in [0.1, 0.15) is 0 Å². The number of halogens is 2. The van der Waals surface area contributed by atoms with Gasteiger partial charge in [0.25, 0.3) is 0 Å². The maximum atomic E-state index is 13.0. The summed E-state index contributed by atoms with van der Waals surface area (Å²) < 4.78 is 25.4. The molecular formula is C9H9F2NO. The molecule has 0 radical (unpaired) electrons. The van der Waals surface area contributed by atoms with E-state index in [0.717, 1.165) is 18.9 Å². The first-order valence-corrected chi connectivity index (χ1v) is 4.18. The van der Waals surface area contributed by atoms with Gasteiger partial charge in [0.05, 0.1) is 6.10 Å². The molecule has 1 fully saturated rings. The van der Waals surface area contributed by atoms with Gasteiger partial charge in [0.15, 0.2) is 0 Å². The zero-order valence-corrected chi connectivity index (χ0v) is 6.87. The topological polar surface area (TPSA) is 33.1 Å². The molecule has 1 aliphatic carbocycles. The highest BCUT2D eigenvalue weighted by atomic mass is 19.1. The Hall–Kier alpha value is -1.03. The van der Waals surface area contributed by atoms with Crippen molar-refractivity contribution < 1.29 is 13.9 Å². The molecular weight excluding hydrogens is 176 g/mol. The van der Waals surface area contributed by atoms with Gasteiger partial charge >= 0.3 is 0 Å². The van der Waals surface area contributed by atoms with Gasteiger partial charge in [0.2, 0.25) is 11.9 Å². The second-order valence-corrected chi connectivity index (χ2v) is 3.30. The maximum Gasteiger partial charge on any atom is 0.221 e. The maximum absolute atomic E-state index is 13.0. The first-order chi connectivity index (χ1) is 6.18. The second-order valence-electron chi connectivity index (χ2n) is 3.30. The molecule has 4 heteroatoms. The molecule has 0 aromatic carbocycles. The van der Waals surface area contributed by atoms with Crippen molar-refractivity contribution in [2.24, 2.45) is 5.92 Å². The van der Waals surface area contributed by atoms with Crippen molar-refractivity contribution in [3.8, 4) is 0 Å². The SMILES string of the molecule is OC(c1ccc(F)nc1F)C1CC1. The molecule has 1 saturated carbocycles. The van der Waals surface area contributed by atoms with E-state index in [-0.39, 0.29) is 11.5 Å². The highest BCUT2D eigenvalue weighted by Crippen LogP contribution is 2.41.